The van der Waals surface area contributed by atoms with Crippen LogP contribution < -0.4 is 14.4 Å². The van der Waals surface area contributed by atoms with Gasteiger partial charge >= 0.3 is 0 Å². The number of amides is 1. The van der Waals surface area contributed by atoms with Crippen molar-refractivity contribution < 1.29 is 19.4 Å². The van der Waals surface area contributed by atoms with Gasteiger partial charge in [0, 0.05) is 38.5 Å². The number of carbonyl (C=O) groups is 1. The lowest BCUT2D eigenvalue weighted by Gasteiger charge is -2.36. The highest BCUT2D eigenvalue weighted by Gasteiger charge is 2.22. The summed E-state index contributed by atoms with van der Waals surface area (Å²) < 4.78 is 11.2. The van der Waals surface area contributed by atoms with E-state index in [-0.39, 0.29) is 19.1 Å². The summed E-state index contributed by atoms with van der Waals surface area (Å²) in [6.45, 7) is 2.72. The fourth-order valence-corrected chi connectivity index (χ4v) is 4.33. The molecule has 4 aromatic rings. The van der Waals surface area contributed by atoms with E-state index in [1.165, 1.54) is 4.80 Å². The first-order valence-corrected chi connectivity index (χ1v) is 12.0. The number of rotatable bonds is 8. The molecule has 0 atom stereocenters. The van der Waals surface area contributed by atoms with Crippen molar-refractivity contribution in [1.29, 1.82) is 0 Å². The first-order valence-electron chi connectivity index (χ1n) is 12.0. The molecular weight excluding hydrogens is 458 g/mol. The molecule has 5 rings (SSSR count). The quantitative estimate of drug-likeness (QED) is 0.409. The van der Waals surface area contributed by atoms with Crippen LogP contribution in [0.3, 0.4) is 0 Å². The molecule has 1 fully saturated rings. The maximum atomic E-state index is 13.0. The van der Waals surface area contributed by atoms with Crippen molar-refractivity contribution in [3.63, 3.8) is 0 Å². The van der Waals surface area contributed by atoms with Gasteiger partial charge in [0.2, 0.25) is 0 Å². The summed E-state index contributed by atoms with van der Waals surface area (Å²) in [4.78, 5) is 18.6. The number of aliphatic hydroxyl groups excluding tert-OH is 1. The number of nitrogens with zero attached hydrogens (tertiary/aromatic N) is 5. The molecule has 9 nitrogen and oxygen atoms in total. The smallest absolute Gasteiger partial charge is 0.260 e. The van der Waals surface area contributed by atoms with Crippen molar-refractivity contribution >= 4 is 22.6 Å². The Morgan fingerprint density at radius 3 is 2.28 bits per heavy atom. The second-order valence-corrected chi connectivity index (χ2v) is 8.61. The van der Waals surface area contributed by atoms with E-state index in [1.807, 2.05) is 71.6 Å². The van der Waals surface area contributed by atoms with E-state index in [4.69, 9.17) is 9.47 Å². The second-order valence-electron chi connectivity index (χ2n) is 8.61. The van der Waals surface area contributed by atoms with E-state index in [0.29, 0.717) is 30.9 Å². The van der Waals surface area contributed by atoms with E-state index in [2.05, 4.69) is 15.1 Å². The zero-order valence-electron chi connectivity index (χ0n) is 20.2. The third-order valence-corrected chi connectivity index (χ3v) is 6.35. The third kappa shape index (κ3) is 5.11. The molecule has 9 heteroatoms. The highest BCUT2D eigenvalue weighted by atomic mass is 16.5. The summed E-state index contributed by atoms with van der Waals surface area (Å²) in [5.41, 5.74) is 4.21. The number of anilines is 1. The number of hydrogen-bond acceptors (Lipinski definition) is 7. The Morgan fingerprint density at radius 1 is 0.944 bits per heavy atom. The van der Waals surface area contributed by atoms with E-state index in [1.54, 1.807) is 7.11 Å². The van der Waals surface area contributed by atoms with Crippen LogP contribution >= 0.6 is 0 Å². The van der Waals surface area contributed by atoms with Gasteiger partial charge in [-0.25, -0.2) is 0 Å². The number of fused-ring (bicyclic) bond motifs is 1. The standard InChI is InChI=1S/C27H29N5O4/c1-35-22-9-7-21(8-10-22)30-13-15-31(16-14-30)27(34)19-36-26-11-6-20(12-17-33)18-25(26)32-28-23-4-2-3-5-24(23)29-32/h2-11,18,33H,12-17,19H2,1H3. The third-order valence-electron chi connectivity index (χ3n) is 6.35. The number of methoxy groups -OCH3 is 1. The van der Waals surface area contributed by atoms with Crippen LogP contribution in [0.4, 0.5) is 5.69 Å². The highest BCUT2D eigenvalue weighted by Crippen LogP contribution is 2.25. The molecular formula is C27H29N5O4. The lowest BCUT2D eigenvalue weighted by atomic mass is 10.1. The summed E-state index contributed by atoms with van der Waals surface area (Å²) >= 11 is 0. The predicted octanol–water partition coefficient (Wildman–Crippen LogP) is 2.69. The lowest BCUT2D eigenvalue weighted by molar-refractivity contribution is -0.133. The van der Waals surface area contributed by atoms with Gasteiger partial charge in [-0.05, 0) is 60.5 Å². The van der Waals surface area contributed by atoms with Gasteiger partial charge in [0.15, 0.2) is 6.61 Å². The van der Waals surface area contributed by atoms with Crippen LogP contribution in [-0.4, -0.2) is 77.4 Å². The molecule has 0 unspecified atom stereocenters. The normalized spacial score (nSPS) is 13.7. The van der Waals surface area contributed by atoms with Gasteiger partial charge in [-0.1, -0.05) is 18.2 Å². The second kappa shape index (κ2) is 10.7. The van der Waals surface area contributed by atoms with E-state index >= 15 is 0 Å². The topological polar surface area (TPSA) is 93.0 Å². The largest absolute Gasteiger partial charge is 0.497 e. The average molecular weight is 488 g/mol. The Balaban J connectivity index is 1.25. The summed E-state index contributed by atoms with van der Waals surface area (Å²) in [6.07, 6.45) is 0.505. The minimum Gasteiger partial charge on any atom is -0.497 e. The Bertz CT molecular complexity index is 1300. The number of benzene rings is 3. The zero-order chi connectivity index (χ0) is 24.9. The SMILES string of the molecule is COc1ccc(N2CCN(C(=O)COc3ccc(CCO)cc3-n3nc4ccccc4n3)CC2)cc1. The first kappa shape index (κ1) is 23.6. The molecule has 3 aromatic carbocycles. The minimum absolute atomic E-state index is 0.0368. The van der Waals surface area contributed by atoms with Gasteiger partial charge in [0.1, 0.15) is 28.2 Å². The fraction of sp³-hybridized carbons (Fsp3) is 0.296. The number of hydrogen-bond donors (Lipinski definition) is 1. The van der Waals surface area contributed by atoms with Gasteiger partial charge in [0.05, 0.1) is 7.11 Å². The fourth-order valence-electron chi connectivity index (χ4n) is 4.33. The Kier molecular flexibility index (Phi) is 6.99. The van der Waals surface area contributed by atoms with Gasteiger partial charge in [-0.3, -0.25) is 4.79 Å². The van der Waals surface area contributed by atoms with Gasteiger partial charge in [-0.2, -0.15) is 0 Å². The first-order chi connectivity index (χ1) is 17.6. The molecule has 1 aromatic heterocycles. The van der Waals surface area contributed by atoms with Crippen molar-refractivity contribution in [2.75, 3.05) is 51.4 Å². The molecule has 0 radical (unpaired) electrons. The molecule has 0 saturated carbocycles. The Hall–Kier alpha value is -4.11. The number of carbonyl (C=O) groups excluding carboxylic acids is 1. The van der Waals surface area contributed by atoms with Crippen molar-refractivity contribution in [1.82, 2.24) is 19.9 Å². The van der Waals surface area contributed by atoms with Crippen LogP contribution in [0.2, 0.25) is 0 Å². The summed E-state index contributed by atoms with van der Waals surface area (Å²) in [7, 11) is 1.65. The minimum atomic E-state index is -0.0737. The maximum absolute atomic E-state index is 13.0. The van der Waals surface area contributed by atoms with Crippen molar-refractivity contribution in [3.05, 3.63) is 72.3 Å². The monoisotopic (exact) mass is 487 g/mol. The molecule has 2 heterocycles. The molecule has 1 aliphatic rings. The molecule has 36 heavy (non-hydrogen) atoms. The van der Waals surface area contributed by atoms with Gasteiger partial charge in [-0.15, -0.1) is 15.0 Å². The van der Waals surface area contributed by atoms with Crippen LogP contribution in [0.5, 0.6) is 11.5 Å². The summed E-state index contributed by atoms with van der Waals surface area (Å²) in [5, 5.41) is 18.5. The number of aromatic nitrogens is 3. The van der Waals surface area contributed by atoms with Gasteiger partial charge in [0.25, 0.3) is 5.91 Å². The highest BCUT2D eigenvalue weighted by molar-refractivity contribution is 5.78. The van der Waals surface area contributed by atoms with Crippen LogP contribution in [0.15, 0.2) is 66.7 Å². The number of ether oxygens (including phenoxy) is 2. The summed E-state index contributed by atoms with van der Waals surface area (Å²) in [5.74, 6) is 1.28. The van der Waals surface area contributed by atoms with Crippen LogP contribution in [-0.2, 0) is 11.2 Å². The molecule has 1 amide bonds. The van der Waals surface area contributed by atoms with Crippen LogP contribution in [0, 0.1) is 0 Å². The number of piperazine rings is 1. The van der Waals surface area contributed by atoms with Crippen molar-refractivity contribution in [2.45, 2.75) is 6.42 Å². The maximum Gasteiger partial charge on any atom is 0.260 e. The molecule has 1 N–H and O–H groups in total. The van der Waals surface area contributed by atoms with Gasteiger partial charge < -0.3 is 24.4 Å². The Morgan fingerprint density at radius 2 is 1.64 bits per heavy atom. The van der Waals surface area contributed by atoms with Crippen LogP contribution in [0.25, 0.3) is 16.7 Å². The van der Waals surface area contributed by atoms with Crippen molar-refractivity contribution in [3.8, 4) is 17.2 Å². The van der Waals surface area contributed by atoms with E-state index in [0.717, 1.165) is 41.1 Å². The predicted molar refractivity (Wildman–Crippen MR) is 137 cm³/mol. The molecule has 1 aliphatic heterocycles. The molecule has 1 saturated heterocycles. The molecule has 186 valence electrons. The van der Waals surface area contributed by atoms with Crippen molar-refractivity contribution in [2.24, 2.45) is 0 Å². The lowest BCUT2D eigenvalue weighted by Crippen LogP contribution is -2.50. The molecule has 0 aliphatic carbocycles. The summed E-state index contributed by atoms with van der Waals surface area (Å²) in [6, 6.07) is 21.2. The van der Waals surface area contributed by atoms with E-state index < -0.39 is 0 Å². The molecule has 0 bridgehead atoms. The zero-order valence-corrected chi connectivity index (χ0v) is 20.2. The Labute approximate surface area is 209 Å². The number of aliphatic hydroxyl groups is 1. The van der Waals surface area contributed by atoms with Crippen LogP contribution in [0.1, 0.15) is 5.56 Å². The average Bonchev–Trinajstić information content (AvgIpc) is 3.37. The molecule has 0 spiro atoms. The van der Waals surface area contributed by atoms with E-state index in [9.17, 15) is 9.90 Å².